The van der Waals surface area contributed by atoms with Crippen molar-refractivity contribution in [3.05, 3.63) is 29.3 Å². The maximum atomic E-state index is 10.9. The summed E-state index contributed by atoms with van der Waals surface area (Å²) in [5, 5.41) is 0. The summed E-state index contributed by atoms with van der Waals surface area (Å²) >= 11 is 0. The fourth-order valence-electron chi connectivity index (χ4n) is 1.41. The Bertz CT molecular complexity index is 455. The van der Waals surface area contributed by atoms with E-state index in [-0.39, 0.29) is 29.6 Å². The molecule has 6 heteroatoms. The third-order valence-electron chi connectivity index (χ3n) is 1.98. The maximum absolute atomic E-state index is 10.9. The van der Waals surface area contributed by atoms with E-state index < -0.39 is 10.1 Å². The van der Waals surface area contributed by atoms with Crippen LogP contribution in [0, 0.1) is 0 Å². The van der Waals surface area contributed by atoms with Crippen molar-refractivity contribution < 1.29 is 17.3 Å². The number of fused-ring (bicyclic) bond motifs is 1. The van der Waals surface area contributed by atoms with E-state index in [9.17, 15) is 8.42 Å². The Morgan fingerprint density at radius 1 is 1.33 bits per heavy atom. The van der Waals surface area contributed by atoms with Crippen LogP contribution in [0.5, 0.6) is 5.75 Å². The molecule has 1 aromatic rings. The van der Waals surface area contributed by atoms with Crippen LogP contribution in [0.3, 0.4) is 0 Å². The third-order valence-corrected chi connectivity index (χ3v) is 2.46. The van der Waals surface area contributed by atoms with Crippen LogP contribution in [0.15, 0.2) is 18.2 Å². The molecule has 1 heterocycles. The van der Waals surface area contributed by atoms with Gasteiger partial charge in [0.15, 0.2) is 0 Å². The second-order valence-electron chi connectivity index (χ2n) is 3.17. The Morgan fingerprint density at radius 3 is 2.73 bits per heavy atom. The fourth-order valence-corrected chi connectivity index (χ4v) is 1.90. The van der Waals surface area contributed by atoms with Gasteiger partial charge in [-0.15, -0.1) is 0 Å². The van der Waals surface area contributed by atoms with E-state index in [1.807, 2.05) is 6.07 Å². The molecule has 1 aromatic carbocycles. The van der Waals surface area contributed by atoms with Gasteiger partial charge in [0, 0.05) is 35.1 Å². The SMILES string of the molecule is CS(=O)(=O)Oc1cccc2c1COC2.[Na]. The first-order valence-corrected chi connectivity index (χ1v) is 5.96. The van der Waals surface area contributed by atoms with Crippen LogP contribution in [0.4, 0.5) is 0 Å². The first-order chi connectivity index (χ1) is 6.56. The van der Waals surface area contributed by atoms with E-state index in [1.165, 1.54) is 0 Å². The van der Waals surface area contributed by atoms with Crippen molar-refractivity contribution in [2.45, 2.75) is 13.2 Å². The molecule has 0 spiro atoms. The van der Waals surface area contributed by atoms with Crippen LogP contribution in [-0.4, -0.2) is 44.2 Å². The summed E-state index contributed by atoms with van der Waals surface area (Å²) in [4.78, 5) is 0. The Kier molecular flexibility index (Phi) is 4.20. The Balaban J connectivity index is 0.00000112. The molecular formula is C9H10NaO4S. The minimum Gasteiger partial charge on any atom is -0.382 e. The van der Waals surface area contributed by atoms with Gasteiger partial charge in [0.05, 0.1) is 19.5 Å². The van der Waals surface area contributed by atoms with Gasteiger partial charge in [0.25, 0.3) is 0 Å². The molecule has 0 saturated heterocycles. The van der Waals surface area contributed by atoms with Crippen molar-refractivity contribution in [3.63, 3.8) is 0 Å². The standard InChI is InChI=1S/C9H10O4S.Na/c1-14(10,11)13-9-4-2-3-7-5-12-6-8(7)9;/h2-4H,5-6H2,1H3;. The average molecular weight is 237 g/mol. The second-order valence-corrected chi connectivity index (χ2v) is 4.75. The summed E-state index contributed by atoms with van der Waals surface area (Å²) in [5.41, 5.74) is 1.82. The molecule has 0 unspecified atom stereocenters. The zero-order valence-corrected chi connectivity index (χ0v) is 11.5. The number of hydrogen-bond acceptors (Lipinski definition) is 4. The molecule has 1 aliphatic heterocycles. The summed E-state index contributed by atoms with van der Waals surface area (Å²) in [6.45, 7) is 0.942. The molecular weight excluding hydrogens is 227 g/mol. The van der Waals surface area contributed by atoms with Crippen molar-refractivity contribution >= 4 is 39.7 Å². The zero-order valence-electron chi connectivity index (χ0n) is 8.69. The first-order valence-electron chi connectivity index (χ1n) is 4.14. The molecule has 0 fully saturated rings. The molecule has 0 saturated carbocycles. The molecule has 2 rings (SSSR count). The normalized spacial score (nSPS) is 14.2. The van der Waals surface area contributed by atoms with Gasteiger partial charge >= 0.3 is 10.1 Å². The molecule has 0 bridgehead atoms. The molecule has 4 nitrogen and oxygen atoms in total. The third kappa shape index (κ3) is 3.19. The van der Waals surface area contributed by atoms with Crippen molar-refractivity contribution in [1.82, 2.24) is 0 Å². The van der Waals surface area contributed by atoms with E-state index in [0.29, 0.717) is 19.0 Å². The number of ether oxygens (including phenoxy) is 1. The molecule has 0 atom stereocenters. The van der Waals surface area contributed by atoms with Gasteiger partial charge in [-0.2, -0.15) is 8.42 Å². The number of hydrogen-bond donors (Lipinski definition) is 0. The van der Waals surface area contributed by atoms with Gasteiger partial charge in [0.2, 0.25) is 0 Å². The van der Waals surface area contributed by atoms with Crippen LogP contribution in [-0.2, 0) is 28.1 Å². The maximum Gasteiger partial charge on any atom is 0.306 e. The summed E-state index contributed by atoms with van der Waals surface area (Å²) in [6.07, 6.45) is 1.03. The monoisotopic (exact) mass is 237 g/mol. The quantitative estimate of drug-likeness (QED) is 0.560. The van der Waals surface area contributed by atoms with Crippen LogP contribution in [0.25, 0.3) is 0 Å². The number of benzene rings is 1. The van der Waals surface area contributed by atoms with E-state index in [0.717, 1.165) is 17.4 Å². The topological polar surface area (TPSA) is 52.6 Å². The molecule has 1 aliphatic rings. The van der Waals surface area contributed by atoms with Crippen LogP contribution < -0.4 is 4.18 Å². The fraction of sp³-hybridized carbons (Fsp3) is 0.333. The second kappa shape index (κ2) is 4.84. The van der Waals surface area contributed by atoms with Crippen molar-refractivity contribution in [2.75, 3.05) is 6.26 Å². The predicted octanol–water partition coefficient (Wildman–Crippen LogP) is 0.674. The zero-order chi connectivity index (χ0) is 10.2. The molecule has 0 N–H and O–H groups in total. The van der Waals surface area contributed by atoms with Gasteiger partial charge in [-0.3, -0.25) is 0 Å². The van der Waals surface area contributed by atoms with Crippen molar-refractivity contribution in [3.8, 4) is 5.75 Å². The van der Waals surface area contributed by atoms with Gasteiger partial charge in [-0.25, -0.2) is 0 Å². The smallest absolute Gasteiger partial charge is 0.306 e. The largest absolute Gasteiger partial charge is 0.382 e. The van der Waals surface area contributed by atoms with Gasteiger partial charge in [0.1, 0.15) is 5.75 Å². The van der Waals surface area contributed by atoms with Gasteiger partial charge < -0.3 is 8.92 Å². The van der Waals surface area contributed by atoms with E-state index in [2.05, 4.69) is 0 Å². The minimum atomic E-state index is -3.45. The minimum absolute atomic E-state index is 0. The summed E-state index contributed by atoms with van der Waals surface area (Å²) in [7, 11) is -3.45. The first kappa shape index (κ1) is 13.0. The van der Waals surface area contributed by atoms with Gasteiger partial charge in [-0.05, 0) is 11.6 Å². The number of rotatable bonds is 2. The Hall–Kier alpha value is -0.0700. The van der Waals surface area contributed by atoms with Crippen LogP contribution in [0.2, 0.25) is 0 Å². The van der Waals surface area contributed by atoms with E-state index >= 15 is 0 Å². The Morgan fingerprint density at radius 2 is 2.07 bits per heavy atom. The summed E-state index contributed by atoms with van der Waals surface area (Å²) in [5.74, 6) is 0.377. The Labute approximate surface area is 111 Å². The molecule has 77 valence electrons. The van der Waals surface area contributed by atoms with Crippen molar-refractivity contribution in [2.24, 2.45) is 0 Å². The molecule has 0 aromatic heterocycles. The van der Waals surface area contributed by atoms with E-state index in [4.69, 9.17) is 8.92 Å². The predicted molar refractivity (Wildman–Crippen MR) is 56.2 cm³/mol. The van der Waals surface area contributed by atoms with Crippen LogP contribution in [0.1, 0.15) is 11.1 Å². The van der Waals surface area contributed by atoms with E-state index in [1.54, 1.807) is 12.1 Å². The summed E-state index contributed by atoms with van der Waals surface area (Å²) in [6, 6.07) is 5.29. The van der Waals surface area contributed by atoms with Crippen LogP contribution >= 0.6 is 0 Å². The van der Waals surface area contributed by atoms with Gasteiger partial charge in [-0.1, -0.05) is 12.1 Å². The molecule has 1 radical (unpaired) electrons. The summed E-state index contributed by atoms with van der Waals surface area (Å²) < 4.78 is 31.9. The van der Waals surface area contributed by atoms with Crippen molar-refractivity contribution in [1.29, 1.82) is 0 Å². The molecule has 0 aliphatic carbocycles. The molecule has 15 heavy (non-hydrogen) atoms. The average Bonchev–Trinajstić information content (AvgIpc) is 2.49. The molecule has 0 amide bonds.